The van der Waals surface area contributed by atoms with Crippen LogP contribution in [-0.4, -0.2) is 56.8 Å². The molecule has 14 heteroatoms. The second-order valence-corrected chi connectivity index (χ2v) is 13.5. The Morgan fingerprint density at radius 3 is 2.24 bits per heavy atom. The van der Waals surface area contributed by atoms with Gasteiger partial charge in [-0.1, -0.05) is 30.1 Å². The van der Waals surface area contributed by atoms with Gasteiger partial charge in [0.15, 0.2) is 0 Å². The predicted molar refractivity (Wildman–Crippen MR) is 157 cm³/mol. The lowest BCUT2D eigenvalue weighted by molar-refractivity contribution is -0.274. The first-order valence-electron chi connectivity index (χ1n) is 12.7. The average molecular weight is 649 g/mol. The number of hydrogen-bond donors (Lipinski definition) is 2. The molecule has 2 unspecified atom stereocenters. The van der Waals surface area contributed by atoms with Gasteiger partial charge in [0.25, 0.3) is 0 Å². The molecule has 1 fully saturated rings. The molecule has 5 rings (SSSR count). The Morgan fingerprint density at radius 1 is 1.07 bits per heavy atom. The predicted octanol–water partition coefficient (Wildman–Crippen LogP) is 7.07. The van der Waals surface area contributed by atoms with Crippen LogP contribution in [0.3, 0.4) is 0 Å². The number of aliphatic hydroxyl groups excluding tert-OH is 1. The highest BCUT2D eigenvalue weighted by atomic mass is 35.5. The van der Waals surface area contributed by atoms with Crippen molar-refractivity contribution in [3.8, 4) is 5.75 Å². The Morgan fingerprint density at radius 2 is 1.68 bits per heavy atom. The van der Waals surface area contributed by atoms with E-state index in [1.807, 2.05) is 35.2 Å². The van der Waals surface area contributed by atoms with Crippen molar-refractivity contribution < 1.29 is 32.0 Å². The van der Waals surface area contributed by atoms with E-state index >= 15 is 0 Å². The third kappa shape index (κ3) is 6.74. The van der Waals surface area contributed by atoms with Gasteiger partial charge in [0.1, 0.15) is 15.7 Å². The van der Waals surface area contributed by atoms with E-state index in [2.05, 4.69) is 13.8 Å². The topological polar surface area (TPSA) is 85.1 Å². The number of alkyl halides is 3. The van der Waals surface area contributed by atoms with Gasteiger partial charge in [-0.25, -0.2) is 13.3 Å². The zero-order chi connectivity index (χ0) is 29.4. The Hall–Kier alpha value is -2.19. The van der Waals surface area contributed by atoms with Crippen LogP contribution < -0.4 is 9.46 Å². The highest BCUT2D eigenvalue weighted by Gasteiger charge is 2.37. The number of aromatic nitrogens is 1. The van der Waals surface area contributed by atoms with E-state index in [4.69, 9.17) is 27.9 Å². The van der Waals surface area contributed by atoms with E-state index in [9.17, 15) is 22.5 Å². The lowest BCUT2D eigenvalue weighted by Gasteiger charge is -2.35. The van der Waals surface area contributed by atoms with Crippen LogP contribution in [0.4, 0.5) is 13.2 Å². The van der Waals surface area contributed by atoms with Crippen molar-refractivity contribution in [2.75, 3.05) is 19.8 Å². The molecule has 41 heavy (non-hydrogen) atoms. The molecule has 1 aliphatic heterocycles. The van der Waals surface area contributed by atoms with Gasteiger partial charge in [0, 0.05) is 27.4 Å². The van der Waals surface area contributed by atoms with Crippen LogP contribution in [0, 0.1) is 0 Å². The number of ether oxygens (including phenoxy) is 2. The van der Waals surface area contributed by atoms with E-state index in [-0.39, 0.29) is 24.7 Å². The molecule has 1 aromatic heterocycles. The molecular weight excluding hydrogens is 622 g/mol. The Labute approximate surface area is 249 Å². The van der Waals surface area contributed by atoms with Crippen molar-refractivity contribution >= 4 is 66.9 Å². The van der Waals surface area contributed by atoms with Crippen LogP contribution in [0.2, 0.25) is 10.0 Å². The molecule has 0 saturated carbocycles. The molecule has 2 N–H and O–H groups in total. The smallest absolute Gasteiger partial charge is 0.406 e. The summed E-state index contributed by atoms with van der Waals surface area (Å²) >= 11 is 13.9. The highest BCUT2D eigenvalue weighted by molar-refractivity contribution is 7.98. The average Bonchev–Trinajstić information content (AvgIpc) is 3.21. The maximum atomic E-state index is 14.0. The number of nitrogens with zero attached hydrogens (tertiary/aromatic N) is 2. The molecule has 0 aliphatic carbocycles. The molecule has 1 saturated heterocycles. The van der Waals surface area contributed by atoms with Crippen LogP contribution in [0.1, 0.15) is 13.3 Å². The second-order valence-electron chi connectivity index (χ2n) is 9.41. The number of rotatable bonds is 8. The van der Waals surface area contributed by atoms with Crippen molar-refractivity contribution in [1.29, 1.82) is 0 Å². The van der Waals surface area contributed by atoms with Crippen molar-refractivity contribution in [2.45, 2.75) is 42.0 Å². The third-order valence-corrected chi connectivity index (χ3v) is 10.3. The Bertz CT molecular complexity index is 1620. The maximum Gasteiger partial charge on any atom is 0.573 e. The first-order valence-corrected chi connectivity index (χ1v) is 15.8. The number of aliphatic hydroxyl groups is 1. The van der Waals surface area contributed by atoms with Crippen LogP contribution in [0.5, 0.6) is 5.75 Å². The molecule has 1 aliphatic rings. The van der Waals surface area contributed by atoms with E-state index < -0.39 is 39.4 Å². The standard InChI is InChI=1S/C27H26Cl2F3N3O4S2/c1-2-11-33-41(37,19-7-5-18(6-8-19)39-27(30,31)32)34-22-14-38-15-25(26(22)36)40-35-23-9-3-16(28)12-20(23)21-13-17(29)4-10-24(21)35/h3-10,12-13,22,25-26,36H,2,11,14-15H2,1H3,(H,33,34,37)/t22-,25?,26-,41?/m0/s1. The van der Waals surface area contributed by atoms with Crippen LogP contribution in [0.25, 0.3) is 21.8 Å². The van der Waals surface area contributed by atoms with Gasteiger partial charge in [0.2, 0.25) is 0 Å². The van der Waals surface area contributed by atoms with E-state index in [1.165, 1.54) is 24.1 Å². The molecule has 0 spiro atoms. The van der Waals surface area contributed by atoms with Gasteiger partial charge in [-0.2, -0.15) is 0 Å². The molecule has 4 atom stereocenters. The van der Waals surface area contributed by atoms with Crippen molar-refractivity contribution in [3.05, 3.63) is 70.7 Å². The number of hydrogen-bond acceptors (Lipinski definition) is 6. The SMILES string of the molecule is CCCN=S(=O)(N[C@H]1COCC(Sn2c3ccc(Cl)cc3c3cc(Cl)ccc32)[C@H]1O)c1ccc(OC(F)(F)F)cc1. The summed E-state index contributed by atoms with van der Waals surface area (Å²) in [6.45, 7) is 2.38. The lowest BCUT2D eigenvalue weighted by atomic mass is 10.1. The normalized spacial score (nSPS) is 21.2. The molecule has 220 valence electrons. The molecule has 0 amide bonds. The first-order chi connectivity index (χ1) is 19.5. The van der Waals surface area contributed by atoms with Crippen LogP contribution in [-0.2, 0) is 14.7 Å². The zero-order valence-electron chi connectivity index (χ0n) is 21.6. The number of halogens is 5. The summed E-state index contributed by atoms with van der Waals surface area (Å²) in [7, 11) is -3.33. The molecule has 3 aromatic carbocycles. The molecule has 2 heterocycles. The van der Waals surface area contributed by atoms with Crippen molar-refractivity contribution in [3.63, 3.8) is 0 Å². The number of benzene rings is 3. The first kappa shape index (κ1) is 30.3. The van der Waals surface area contributed by atoms with Gasteiger partial charge in [-0.15, -0.1) is 13.2 Å². The molecule has 0 radical (unpaired) electrons. The summed E-state index contributed by atoms with van der Waals surface area (Å²) < 4.78 is 70.9. The summed E-state index contributed by atoms with van der Waals surface area (Å²) in [6, 6.07) is 15.0. The lowest BCUT2D eigenvalue weighted by Crippen LogP contribution is -2.55. The maximum absolute atomic E-state index is 14.0. The highest BCUT2D eigenvalue weighted by Crippen LogP contribution is 2.38. The van der Waals surface area contributed by atoms with E-state index in [0.29, 0.717) is 16.5 Å². The minimum Gasteiger partial charge on any atom is -0.406 e. The van der Waals surface area contributed by atoms with Crippen LogP contribution in [0.15, 0.2) is 69.9 Å². The van der Waals surface area contributed by atoms with Gasteiger partial charge < -0.3 is 14.6 Å². The second kappa shape index (κ2) is 12.2. The van der Waals surface area contributed by atoms with E-state index in [1.54, 1.807) is 12.1 Å². The Balaban J connectivity index is 1.42. The van der Waals surface area contributed by atoms with Gasteiger partial charge in [-0.05, 0) is 79.0 Å². The third-order valence-electron chi connectivity index (χ3n) is 6.44. The van der Waals surface area contributed by atoms with E-state index in [0.717, 1.165) is 33.9 Å². The summed E-state index contributed by atoms with van der Waals surface area (Å²) in [5, 5.41) is 13.9. The van der Waals surface area contributed by atoms with Crippen molar-refractivity contribution in [2.24, 2.45) is 4.36 Å². The van der Waals surface area contributed by atoms with Crippen molar-refractivity contribution in [1.82, 2.24) is 8.69 Å². The molecular formula is C27H26Cl2F3N3O4S2. The summed E-state index contributed by atoms with van der Waals surface area (Å²) in [5.41, 5.74) is 1.75. The molecule has 4 aromatic rings. The quantitative estimate of drug-likeness (QED) is 0.214. The monoisotopic (exact) mass is 647 g/mol. The minimum absolute atomic E-state index is 0.0600. The molecule has 0 bridgehead atoms. The fourth-order valence-corrected chi connectivity index (χ4v) is 8.13. The fraction of sp³-hybridized carbons (Fsp3) is 0.333. The number of fused-ring (bicyclic) bond motifs is 3. The molecule has 7 nitrogen and oxygen atoms in total. The Kier molecular flexibility index (Phi) is 9.01. The summed E-state index contributed by atoms with van der Waals surface area (Å²) in [5.74, 6) is -0.440. The van der Waals surface area contributed by atoms with Gasteiger partial charge in [0.05, 0.1) is 46.5 Å². The minimum atomic E-state index is -4.85. The fourth-order valence-electron chi connectivity index (χ4n) is 4.58. The summed E-state index contributed by atoms with van der Waals surface area (Å²) in [4.78, 5) is 0.165. The number of nitrogens with one attached hydrogen (secondary N) is 1. The van der Waals surface area contributed by atoms with Crippen LogP contribution >= 0.6 is 35.1 Å². The van der Waals surface area contributed by atoms with Gasteiger partial charge in [-0.3, -0.25) is 3.97 Å². The summed E-state index contributed by atoms with van der Waals surface area (Å²) in [6.07, 6.45) is -5.26. The van der Waals surface area contributed by atoms with Gasteiger partial charge >= 0.3 is 6.36 Å². The largest absolute Gasteiger partial charge is 0.573 e. The zero-order valence-corrected chi connectivity index (χ0v) is 24.8.